The van der Waals surface area contributed by atoms with E-state index in [2.05, 4.69) is 11.4 Å². The fraction of sp³-hybridized carbons (Fsp3) is 0.316. The van der Waals surface area contributed by atoms with Crippen LogP contribution in [-0.4, -0.2) is 12.0 Å². The zero-order valence-corrected chi connectivity index (χ0v) is 15.0. The summed E-state index contributed by atoms with van der Waals surface area (Å²) in [5.74, 6) is 0.541. The Hall–Kier alpha value is -1.71. The predicted molar refractivity (Wildman–Crippen MR) is 98.3 cm³/mol. The van der Waals surface area contributed by atoms with Gasteiger partial charge < -0.3 is 10.1 Å². The van der Waals surface area contributed by atoms with E-state index >= 15 is 0 Å². The topological polar surface area (TPSA) is 38.3 Å². The molecular formula is C19H19Cl2NO2. The van der Waals surface area contributed by atoms with Crippen molar-refractivity contribution in [2.45, 2.75) is 38.7 Å². The fourth-order valence-electron chi connectivity index (χ4n) is 2.93. The Morgan fingerprint density at radius 1 is 1.17 bits per heavy atom. The Balaban J connectivity index is 1.72. The van der Waals surface area contributed by atoms with E-state index in [1.165, 1.54) is 17.5 Å². The van der Waals surface area contributed by atoms with E-state index in [-0.39, 0.29) is 5.91 Å². The van der Waals surface area contributed by atoms with Crippen LogP contribution in [0.2, 0.25) is 10.0 Å². The first-order valence-corrected chi connectivity index (χ1v) is 8.83. The van der Waals surface area contributed by atoms with E-state index in [0.29, 0.717) is 15.7 Å². The van der Waals surface area contributed by atoms with Gasteiger partial charge in [0.15, 0.2) is 6.10 Å². The van der Waals surface area contributed by atoms with Crippen molar-refractivity contribution in [3.63, 3.8) is 0 Å². The minimum absolute atomic E-state index is 0.257. The molecule has 0 aliphatic heterocycles. The van der Waals surface area contributed by atoms with Gasteiger partial charge in [0.25, 0.3) is 5.91 Å². The van der Waals surface area contributed by atoms with Gasteiger partial charge in [-0.1, -0.05) is 35.3 Å². The Morgan fingerprint density at radius 3 is 2.79 bits per heavy atom. The average molecular weight is 364 g/mol. The molecule has 2 aromatic rings. The number of hydrogen-bond donors (Lipinski definition) is 1. The molecule has 0 fully saturated rings. The molecule has 0 aromatic heterocycles. The van der Waals surface area contributed by atoms with Crippen LogP contribution in [0.15, 0.2) is 36.4 Å². The van der Waals surface area contributed by atoms with Gasteiger partial charge >= 0.3 is 0 Å². The lowest BCUT2D eigenvalue weighted by atomic mass is 9.91. The minimum Gasteiger partial charge on any atom is -0.481 e. The molecule has 1 aliphatic rings. The second kappa shape index (κ2) is 7.45. The van der Waals surface area contributed by atoms with Gasteiger partial charge in [0.05, 0.1) is 10.7 Å². The number of fused-ring (bicyclic) bond motifs is 1. The van der Waals surface area contributed by atoms with E-state index in [1.54, 1.807) is 25.1 Å². The highest BCUT2D eigenvalue weighted by atomic mass is 35.5. The molecule has 2 aromatic carbocycles. The highest BCUT2D eigenvalue weighted by Crippen LogP contribution is 2.30. The van der Waals surface area contributed by atoms with Gasteiger partial charge in [0.2, 0.25) is 0 Å². The van der Waals surface area contributed by atoms with Crippen LogP contribution >= 0.6 is 23.2 Å². The largest absolute Gasteiger partial charge is 0.481 e. The summed E-state index contributed by atoms with van der Waals surface area (Å²) in [6.07, 6.45) is 3.81. The molecule has 0 bridgehead atoms. The van der Waals surface area contributed by atoms with E-state index in [1.807, 2.05) is 12.1 Å². The standard InChI is InChI=1S/C19H19Cl2NO2/c1-12(19(23)22-17-11-14(20)9-10-16(17)21)24-18-8-4-6-13-5-2-3-7-15(13)18/h4,6,8-12H,2-3,5,7H2,1H3,(H,22,23). The smallest absolute Gasteiger partial charge is 0.265 e. The first-order valence-electron chi connectivity index (χ1n) is 8.08. The lowest BCUT2D eigenvalue weighted by molar-refractivity contribution is -0.122. The van der Waals surface area contributed by atoms with Crippen LogP contribution in [0.25, 0.3) is 0 Å². The summed E-state index contributed by atoms with van der Waals surface area (Å²) in [5, 5.41) is 3.73. The zero-order chi connectivity index (χ0) is 17.1. The molecule has 24 heavy (non-hydrogen) atoms. The van der Waals surface area contributed by atoms with Crippen LogP contribution < -0.4 is 10.1 Å². The number of amides is 1. The van der Waals surface area contributed by atoms with Gasteiger partial charge in [-0.3, -0.25) is 4.79 Å². The molecule has 0 saturated heterocycles. The van der Waals surface area contributed by atoms with Crippen molar-refractivity contribution in [1.82, 2.24) is 0 Å². The maximum absolute atomic E-state index is 12.4. The second-order valence-corrected chi connectivity index (χ2v) is 6.82. The molecule has 0 radical (unpaired) electrons. The van der Waals surface area contributed by atoms with Crippen LogP contribution in [0.3, 0.4) is 0 Å². The van der Waals surface area contributed by atoms with Crippen molar-refractivity contribution < 1.29 is 9.53 Å². The van der Waals surface area contributed by atoms with Crippen molar-refractivity contribution in [3.8, 4) is 5.75 Å². The van der Waals surface area contributed by atoms with Crippen LogP contribution in [0.4, 0.5) is 5.69 Å². The molecule has 0 spiro atoms. The summed E-state index contributed by atoms with van der Waals surface area (Å²) in [5.41, 5.74) is 3.04. The summed E-state index contributed by atoms with van der Waals surface area (Å²) < 4.78 is 5.93. The number of hydrogen-bond acceptors (Lipinski definition) is 2. The SMILES string of the molecule is CC(Oc1cccc2c1CCCC2)C(=O)Nc1cc(Cl)ccc1Cl. The zero-order valence-electron chi connectivity index (χ0n) is 13.4. The number of benzene rings is 2. The van der Waals surface area contributed by atoms with Gasteiger partial charge in [0, 0.05) is 5.02 Å². The number of rotatable bonds is 4. The normalized spacial score (nSPS) is 14.6. The predicted octanol–water partition coefficient (Wildman–Crippen LogP) is 5.28. The molecule has 5 heteroatoms. The van der Waals surface area contributed by atoms with Crippen LogP contribution in [0.5, 0.6) is 5.75 Å². The molecule has 3 nitrogen and oxygen atoms in total. The van der Waals surface area contributed by atoms with Gasteiger partial charge in [-0.05, 0) is 68.0 Å². The third-order valence-corrected chi connectivity index (χ3v) is 4.78. The van der Waals surface area contributed by atoms with Crippen molar-refractivity contribution >= 4 is 34.8 Å². The highest BCUT2D eigenvalue weighted by molar-refractivity contribution is 6.35. The maximum atomic E-state index is 12.4. The first kappa shape index (κ1) is 17.1. The summed E-state index contributed by atoms with van der Waals surface area (Å²) in [7, 11) is 0. The number of anilines is 1. The Morgan fingerprint density at radius 2 is 1.96 bits per heavy atom. The third-order valence-electron chi connectivity index (χ3n) is 4.21. The van der Waals surface area contributed by atoms with Crippen molar-refractivity contribution in [3.05, 3.63) is 57.6 Å². The van der Waals surface area contributed by atoms with Crippen LogP contribution in [-0.2, 0) is 17.6 Å². The molecule has 0 saturated carbocycles. The quantitative estimate of drug-likeness (QED) is 0.802. The Bertz CT molecular complexity index is 761. The van der Waals surface area contributed by atoms with E-state index < -0.39 is 6.10 Å². The number of carbonyl (C=O) groups excluding carboxylic acids is 1. The van der Waals surface area contributed by atoms with Gasteiger partial charge in [-0.25, -0.2) is 0 Å². The van der Waals surface area contributed by atoms with Crippen molar-refractivity contribution in [1.29, 1.82) is 0 Å². The lowest BCUT2D eigenvalue weighted by Crippen LogP contribution is -2.30. The van der Waals surface area contributed by atoms with Crippen LogP contribution in [0.1, 0.15) is 30.9 Å². The summed E-state index contributed by atoms with van der Waals surface area (Å²) in [4.78, 5) is 12.4. The summed E-state index contributed by atoms with van der Waals surface area (Å²) in [6, 6.07) is 11.0. The molecule has 0 heterocycles. The number of nitrogens with one attached hydrogen (secondary N) is 1. The molecule has 1 unspecified atom stereocenters. The molecule has 126 valence electrons. The number of ether oxygens (including phenoxy) is 1. The van der Waals surface area contributed by atoms with E-state index in [0.717, 1.165) is 25.0 Å². The lowest BCUT2D eigenvalue weighted by Gasteiger charge is -2.22. The number of aryl methyl sites for hydroxylation is 1. The number of carbonyl (C=O) groups is 1. The summed E-state index contributed by atoms with van der Waals surface area (Å²) >= 11 is 12.0. The average Bonchev–Trinajstić information content (AvgIpc) is 2.58. The molecule has 3 rings (SSSR count). The van der Waals surface area contributed by atoms with Crippen LogP contribution in [0, 0.1) is 0 Å². The van der Waals surface area contributed by atoms with E-state index in [9.17, 15) is 4.79 Å². The molecular weight excluding hydrogens is 345 g/mol. The van der Waals surface area contributed by atoms with Crippen molar-refractivity contribution in [2.75, 3.05) is 5.32 Å². The molecule has 1 amide bonds. The monoisotopic (exact) mass is 363 g/mol. The number of halogens is 2. The minimum atomic E-state index is -0.631. The fourth-order valence-corrected chi connectivity index (χ4v) is 3.27. The molecule has 1 N–H and O–H groups in total. The maximum Gasteiger partial charge on any atom is 0.265 e. The Kier molecular flexibility index (Phi) is 5.32. The van der Waals surface area contributed by atoms with Gasteiger partial charge in [-0.2, -0.15) is 0 Å². The molecule has 1 atom stereocenters. The van der Waals surface area contributed by atoms with E-state index in [4.69, 9.17) is 27.9 Å². The second-order valence-electron chi connectivity index (χ2n) is 5.97. The highest BCUT2D eigenvalue weighted by Gasteiger charge is 2.20. The van der Waals surface area contributed by atoms with Crippen molar-refractivity contribution in [2.24, 2.45) is 0 Å². The summed E-state index contributed by atoms with van der Waals surface area (Å²) in [6.45, 7) is 1.73. The third kappa shape index (κ3) is 3.85. The van der Waals surface area contributed by atoms with Gasteiger partial charge in [0.1, 0.15) is 5.75 Å². The first-order chi connectivity index (χ1) is 11.5. The molecule has 1 aliphatic carbocycles. The van der Waals surface area contributed by atoms with Gasteiger partial charge in [-0.15, -0.1) is 0 Å². The Labute approximate surface area is 151 Å².